The predicted octanol–water partition coefficient (Wildman–Crippen LogP) is 1.33. The van der Waals surface area contributed by atoms with Gasteiger partial charge in [0.25, 0.3) is 5.91 Å². The van der Waals surface area contributed by atoms with Crippen LogP contribution in [0.4, 0.5) is 5.82 Å². The monoisotopic (exact) mass is 252 g/mol. The molecule has 5 nitrogen and oxygen atoms in total. The van der Waals surface area contributed by atoms with Crippen LogP contribution < -0.4 is 11.5 Å². The van der Waals surface area contributed by atoms with E-state index in [1.165, 1.54) is 31.9 Å². The Hall–Kier alpha value is -1.30. The van der Waals surface area contributed by atoms with E-state index in [9.17, 15) is 4.79 Å². The number of carbonyl (C=O) groups is 1. The molecule has 6 heteroatoms. The lowest BCUT2D eigenvalue weighted by atomic mass is 10.3. The summed E-state index contributed by atoms with van der Waals surface area (Å²) in [5.74, 6) is 1.00. The highest BCUT2D eigenvalue weighted by atomic mass is 32.2. The number of rotatable bonds is 4. The topological polar surface area (TPSA) is 94.9 Å². The molecule has 0 bridgehead atoms. The van der Waals surface area contributed by atoms with Crippen LogP contribution in [0.25, 0.3) is 0 Å². The molecule has 1 aliphatic rings. The first-order chi connectivity index (χ1) is 8.16. The number of amides is 1. The van der Waals surface area contributed by atoms with Gasteiger partial charge in [-0.3, -0.25) is 4.79 Å². The van der Waals surface area contributed by atoms with Crippen molar-refractivity contribution in [2.45, 2.75) is 36.7 Å². The fraction of sp³-hybridized carbons (Fsp3) is 0.545. The van der Waals surface area contributed by atoms with Gasteiger partial charge in [0.2, 0.25) is 0 Å². The summed E-state index contributed by atoms with van der Waals surface area (Å²) in [6, 6.07) is 0. The molecule has 0 spiro atoms. The first-order valence-electron chi connectivity index (χ1n) is 5.69. The molecule has 0 atom stereocenters. The van der Waals surface area contributed by atoms with Gasteiger partial charge in [0, 0.05) is 11.4 Å². The molecule has 0 unspecified atom stereocenters. The smallest absolute Gasteiger partial charge is 0.254 e. The van der Waals surface area contributed by atoms with E-state index in [1.807, 2.05) is 11.8 Å². The second kappa shape index (κ2) is 5.35. The third-order valence-electron chi connectivity index (χ3n) is 2.88. The number of primary amides is 1. The Balaban J connectivity index is 1.97. The zero-order valence-corrected chi connectivity index (χ0v) is 10.4. The predicted molar refractivity (Wildman–Crippen MR) is 68.5 cm³/mol. The van der Waals surface area contributed by atoms with Crippen molar-refractivity contribution in [2.75, 3.05) is 5.73 Å². The lowest BCUT2D eigenvalue weighted by molar-refractivity contribution is 0.100. The van der Waals surface area contributed by atoms with E-state index < -0.39 is 5.91 Å². The Bertz CT molecular complexity index is 418. The van der Waals surface area contributed by atoms with Crippen LogP contribution in [-0.2, 0) is 5.75 Å². The summed E-state index contributed by atoms with van der Waals surface area (Å²) in [6.07, 6.45) is 6.61. The summed E-state index contributed by atoms with van der Waals surface area (Å²) in [6.45, 7) is 0. The number of hydrogen-bond donors (Lipinski definition) is 2. The van der Waals surface area contributed by atoms with Gasteiger partial charge >= 0.3 is 0 Å². The number of aromatic nitrogens is 2. The van der Waals surface area contributed by atoms with E-state index in [0.717, 1.165) is 11.0 Å². The number of hydrogen-bond acceptors (Lipinski definition) is 5. The Kier molecular flexibility index (Phi) is 3.83. The first kappa shape index (κ1) is 12.2. The molecule has 0 radical (unpaired) electrons. The molecule has 1 aromatic rings. The molecule has 1 saturated carbocycles. The van der Waals surface area contributed by atoms with Crippen LogP contribution in [0.1, 0.15) is 41.9 Å². The van der Waals surface area contributed by atoms with Gasteiger partial charge in [0.1, 0.15) is 11.6 Å². The minimum absolute atomic E-state index is 0.175. The molecular formula is C11H16N4OS. The molecule has 17 heavy (non-hydrogen) atoms. The number of anilines is 1. The van der Waals surface area contributed by atoms with E-state index in [0.29, 0.717) is 5.82 Å². The highest BCUT2D eigenvalue weighted by Gasteiger charge is 2.16. The van der Waals surface area contributed by atoms with Crippen molar-refractivity contribution in [3.8, 4) is 0 Å². The second-order valence-electron chi connectivity index (χ2n) is 4.17. The summed E-state index contributed by atoms with van der Waals surface area (Å²) in [4.78, 5) is 19.2. The molecule has 92 valence electrons. The van der Waals surface area contributed by atoms with E-state index in [1.54, 1.807) is 0 Å². The maximum absolute atomic E-state index is 11.0. The third kappa shape index (κ3) is 3.09. The van der Waals surface area contributed by atoms with Crippen LogP contribution >= 0.6 is 11.8 Å². The third-order valence-corrected chi connectivity index (χ3v) is 4.25. The zero-order valence-electron chi connectivity index (χ0n) is 9.56. The van der Waals surface area contributed by atoms with Gasteiger partial charge in [-0.2, -0.15) is 11.8 Å². The van der Waals surface area contributed by atoms with Crippen LogP contribution in [0.2, 0.25) is 0 Å². The lowest BCUT2D eigenvalue weighted by Gasteiger charge is -2.08. The highest BCUT2D eigenvalue weighted by molar-refractivity contribution is 7.99. The summed E-state index contributed by atoms with van der Waals surface area (Å²) in [7, 11) is 0. The van der Waals surface area contributed by atoms with Gasteiger partial charge in [-0.15, -0.1) is 0 Å². The highest BCUT2D eigenvalue weighted by Crippen LogP contribution is 2.31. The normalized spacial score (nSPS) is 16.2. The van der Waals surface area contributed by atoms with Gasteiger partial charge in [0.05, 0.1) is 11.3 Å². The molecule has 4 N–H and O–H groups in total. The largest absolute Gasteiger partial charge is 0.383 e. The summed E-state index contributed by atoms with van der Waals surface area (Å²) < 4.78 is 0. The Morgan fingerprint density at radius 3 is 2.76 bits per heavy atom. The quantitative estimate of drug-likeness (QED) is 0.843. The second-order valence-corrected chi connectivity index (χ2v) is 5.46. The van der Waals surface area contributed by atoms with Crippen molar-refractivity contribution in [2.24, 2.45) is 5.73 Å². The molecule has 0 aliphatic heterocycles. The molecule has 1 aromatic heterocycles. The maximum Gasteiger partial charge on any atom is 0.254 e. The van der Waals surface area contributed by atoms with Crippen LogP contribution in [-0.4, -0.2) is 21.1 Å². The molecule has 2 rings (SSSR count). The maximum atomic E-state index is 11.0. The number of carbonyl (C=O) groups excluding carboxylic acids is 1. The van der Waals surface area contributed by atoms with E-state index in [2.05, 4.69) is 9.97 Å². The van der Waals surface area contributed by atoms with Gasteiger partial charge in [0.15, 0.2) is 0 Å². The number of nitrogens with zero attached hydrogens (tertiary/aromatic N) is 2. The Labute approximate surface area is 104 Å². The van der Waals surface area contributed by atoms with Crippen molar-refractivity contribution in [1.82, 2.24) is 9.97 Å². The van der Waals surface area contributed by atoms with Crippen molar-refractivity contribution >= 4 is 23.5 Å². The van der Waals surface area contributed by atoms with Crippen molar-refractivity contribution < 1.29 is 4.79 Å². The fourth-order valence-corrected chi connectivity index (χ4v) is 3.13. The Morgan fingerprint density at radius 2 is 2.18 bits per heavy atom. The van der Waals surface area contributed by atoms with Crippen LogP contribution in [0.5, 0.6) is 0 Å². The van der Waals surface area contributed by atoms with Crippen LogP contribution in [0, 0.1) is 0 Å². The fourth-order valence-electron chi connectivity index (χ4n) is 1.94. The molecule has 0 saturated heterocycles. The average Bonchev–Trinajstić information content (AvgIpc) is 2.78. The van der Waals surface area contributed by atoms with Gasteiger partial charge < -0.3 is 11.5 Å². The molecule has 1 heterocycles. The zero-order chi connectivity index (χ0) is 12.3. The van der Waals surface area contributed by atoms with Crippen molar-refractivity contribution in [3.05, 3.63) is 17.6 Å². The lowest BCUT2D eigenvalue weighted by Crippen LogP contribution is -2.16. The van der Waals surface area contributed by atoms with E-state index >= 15 is 0 Å². The summed E-state index contributed by atoms with van der Waals surface area (Å²) in [5.41, 5.74) is 11.0. The molecular weight excluding hydrogens is 236 g/mol. The number of nitrogen functional groups attached to an aromatic ring is 1. The van der Waals surface area contributed by atoms with Crippen LogP contribution in [0.3, 0.4) is 0 Å². The Morgan fingerprint density at radius 1 is 1.47 bits per heavy atom. The molecule has 1 amide bonds. The van der Waals surface area contributed by atoms with E-state index in [-0.39, 0.29) is 11.4 Å². The van der Waals surface area contributed by atoms with Gasteiger partial charge in [-0.05, 0) is 12.8 Å². The summed E-state index contributed by atoms with van der Waals surface area (Å²) in [5, 5.41) is 0.718. The average molecular weight is 252 g/mol. The minimum Gasteiger partial charge on any atom is -0.383 e. The molecule has 0 aromatic carbocycles. The van der Waals surface area contributed by atoms with Crippen molar-refractivity contribution in [1.29, 1.82) is 0 Å². The SMILES string of the molecule is NC(=O)c1cnc(CSC2CCCC2)nc1N. The number of nitrogens with two attached hydrogens (primary N) is 2. The minimum atomic E-state index is -0.586. The molecule has 1 aliphatic carbocycles. The first-order valence-corrected chi connectivity index (χ1v) is 6.74. The van der Waals surface area contributed by atoms with E-state index in [4.69, 9.17) is 11.5 Å². The summed E-state index contributed by atoms with van der Waals surface area (Å²) >= 11 is 1.86. The van der Waals surface area contributed by atoms with Gasteiger partial charge in [-0.1, -0.05) is 12.8 Å². The standard InChI is InChI=1S/C11H16N4OS/c12-10-8(11(13)16)5-14-9(15-10)6-17-7-3-1-2-4-7/h5,7H,1-4,6H2,(H2,13,16)(H2,12,14,15). The number of thioether (sulfide) groups is 1. The van der Waals surface area contributed by atoms with Crippen molar-refractivity contribution in [3.63, 3.8) is 0 Å². The van der Waals surface area contributed by atoms with Crippen LogP contribution in [0.15, 0.2) is 6.20 Å². The van der Waals surface area contributed by atoms with Gasteiger partial charge in [-0.25, -0.2) is 9.97 Å². The molecule has 1 fully saturated rings.